The zero-order valence-corrected chi connectivity index (χ0v) is 17.6. The van der Waals surface area contributed by atoms with E-state index in [-0.39, 0.29) is 5.91 Å². The van der Waals surface area contributed by atoms with Gasteiger partial charge < -0.3 is 20.1 Å². The van der Waals surface area contributed by atoms with Gasteiger partial charge in [0.1, 0.15) is 5.76 Å². The molecule has 1 atom stereocenters. The molecule has 0 radical (unpaired) electrons. The Morgan fingerprint density at radius 3 is 2.64 bits per heavy atom. The number of amides is 1. The predicted molar refractivity (Wildman–Crippen MR) is 112 cm³/mol. The summed E-state index contributed by atoms with van der Waals surface area (Å²) in [5.41, 5.74) is 2.17. The first-order valence-corrected chi connectivity index (χ1v) is 10.0. The molecule has 2 aliphatic rings. The van der Waals surface area contributed by atoms with Crippen LogP contribution in [0.15, 0.2) is 40.1 Å². The lowest BCUT2D eigenvalue weighted by Crippen LogP contribution is -2.49. The lowest BCUT2D eigenvalue weighted by molar-refractivity contribution is -0.113. The van der Waals surface area contributed by atoms with Crippen LogP contribution >= 0.6 is 35.4 Å². The lowest BCUT2D eigenvalue weighted by Gasteiger charge is -2.38. The maximum Gasteiger partial charge on any atom is 0.257 e. The molecule has 1 amide bonds. The van der Waals surface area contributed by atoms with Crippen LogP contribution in [0.1, 0.15) is 37.1 Å². The molecule has 146 valence electrons. The SMILES string of the molecule is CC1=C(C(=O)Nc2cc(C)on2)C(c2ccc(Cl)c(Cl)c2)NC(=S)N1C1CC1. The summed E-state index contributed by atoms with van der Waals surface area (Å²) in [6.07, 6.45) is 2.10. The van der Waals surface area contributed by atoms with Crippen molar-refractivity contribution in [2.24, 2.45) is 0 Å². The molecule has 28 heavy (non-hydrogen) atoms. The molecule has 6 nitrogen and oxygen atoms in total. The van der Waals surface area contributed by atoms with Crippen molar-refractivity contribution >= 4 is 52.3 Å². The van der Waals surface area contributed by atoms with E-state index in [1.165, 1.54) is 0 Å². The van der Waals surface area contributed by atoms with E-state index in [0.717, 1.165) is 24.1 Å². The number of thiocarbonyl (C=S) groups is 1. The van der Waals surface area contributed by atoms with Crippen molar-refractivity contribution < 1.29 is 9.32 Å². The highest BCUT2D eigenvalue weighted by Crippen LogP contribution is 2.39. The zero-order valence-electron chi connectivity index (χ0n) is 15.3. The van der Waals surface area contributed by atoms with Crippen LogP contribution in [0.25, 0.3) is 0 Å². The second kappa shape index (κ2) is 7.39. The third-order valence-corrected chi connectivity index (χ3v) is 5.88. The average Bonchev–Trinajstić information content (AvgIpc) is 3.38. The Hall–Kier alpha value is -2.09. The van der Waals surface area contributed by atoms with Gasteiger partial charge in [-0.1, -0.05) is 34.4 Å². The van der Waals surface area contributed by atoms with Gasteiger partial charge in [0.2, 0.25) is 0 Å². The van der Waals surface area contributed by atoms with Crippen LogP contribution in [-0.4, -0.2) is 27.1 Å². The van der Waals surface area contributed by atoms with Crippen molar-refractivity contribution in [3.63, 3.8) is 0 Å². The summed E-state index contributed by atoms with van der Waals surface area (Å²) < 4.78 is 5.05. The minimum Gasteiger partial charge on any atom is -0.360 e. The number of hydrogen-bond donors (Lipinski definition) is 2. The van der Waals surface area contributed by atoms with Crippen molar-refractivity contribution in [2.45, 2.75) is 38.8 Å². The van der Waals surface area contributed by atoms with Gasteiger partial charge in [0.05, 0.1) is 21.7 Å². The highest BCUT2D eigenvalue weighted by molar-refractivity contribution is 7.80. The van der Waals surface area contributed by atoms with Gasteiger partial charge in [-0.3, -0.25) is 4.79 Å². The summed E-state index contributed by atoms with van der Waals surface area (Å²) in [6, 6.07) is 6.84. The van der Waals surface area contributed by atoms with Gasteiger partial charge in [-0.15, -0.1) is 0 Å². The second-order valence-electron chi connectivity index (χ2n) is 6.93. The van der Waals surface area contributed by atoms with Crippen molar-refractivity contribution in [3.05, 3.63) is 56.9 Å². The van der Waals surface area contributed by atoms with Crippen LogP contribution in [-0.2, 0) is 4.79 Å². The van der Waals surface area contributed by atoms with Gasteiger partial charge in [0, 0.05) is 17.8 Å². The summed E-state index contributed by atoms with van der Waals surface area (Å²) >= 11 is 17.9. The van der Waals surface area contributed by atoms with Crippen molar-refractivity contribution in [1.29, 1.82) is 0 Å². The highest BCUT2D eigenvalue weighted by atomic mass is 35.5. The Kier molecular flexibility index (Phi) is 5.07. The van der Waals surface area contributed by atoms with E-state index < -0.39 is 6.04 Å². The standard InChI is InChI=1S/C19H18Cl2N4O2S/c1-9-7-15(24-27-9)22-18(26)16-10(2)25(12-4-5-12)19(28)23-17(16)11-3-6-13(20)14(21)8-11/h3,6-8,12,17H,4-5H2,1-2H3,(H,23,28)(H,22,24,26). The van der Waals surface area contributed by atoms with Crippen LogP contribution < -0.4 is 10.6 Å². The Bertz CT molecular complexity index is 1000. The van der Waals surface area contributed by atoms with E-state index in [2.05, 4.69) is 15.8 Å². The van der Waals surface area contributed by atoms with Crippen molar-refractivity contribution in [1.82, 2.24) is 15.4 Å². The number of hydrogen-bond acceptors (Lipinski definition) is 4. The zero-order chi connectivity index (χ0) is 20.0. The number of aryl methyl sites for hydroxylation is 1. The van der Waals surface area contributed by atoms with Gasteiger partial charge in [0.15, 0.2) is 10.9 Å². The molecule has 1 aromatic carbocycles. The molecule has 1 aliphatic carbocycles. The van der Waals surface area contributed by atoms with Crippen LogP contribution in [0.4, 0.5) is 5.82 Å². The molecular formula is C19H18Cl2N4O2S. The lowest BCUT2D eigenvalue weighted by atomic mass is 9.94. The fraction of sp³-hybridized carbons (Fsp3) is 0.316. The number of aromatic nitrogens is 1. The molecule has 1 aliphatic heterocycles. The number of carbonyl (C=O) groups excluding carboxylic acids is 1. The number of allylic oxidation sites excluding steroid dienone is 1. The van der Waals surface area contributed by atoms with E-state index in [0.29, 0.717) is 38.4 Å². The molecular weight excluding hydrogens is 419 g/mol. The molecule has 4 rings (SSSR count). The summed E-state index contributed by atoms with van der Waals surface area (Å²) in [7, 11) is 0. The number of benzene rings is 1. The maximum absolute atomic E-state index is 13.2. The first kappa shape index (κ1) is 19.2. The third kappa shape index (κ3) is 3.62. The number of nitrogens with zero attached hydrogens (tertiary/aromatic N) is 2. The fourth-order valence-corrected chi connectivity index (χ4v) is 4.09. The third-order valence-electron chi connectivity index (χ3n) is 4.83. The minimum atomic E-state index is -0.453. The highest BCUT2D eigenvalue weighted by Gasteiger charge is 2.40. The Balaban J connectivity index is 1.75. The molecule has 2 heterocycles. The van der Waals surface area contributed by atoms with E-state index in [1.54, 1.807) is 25.1 Å². The van der Waals surface area contributed by atoms with Gasteiger partial charge >= 0.3 is 0 Å². The van der Waals surface area contributed by atoms with Crippen molar-refractivity contribution in [3.8, 4) is 0 Å². The summed E-state index contributed by atoms with van der Waals surface area (Å²) in [5.74, 6) is 0.703. The second-order valence-corrected chi connectivity index (χ2v) is 8.13. The molecule has 1 fully saturated rings. The minimum absolute atomic E-state index is 0.275. The molecule has 0 spiro atoms. The van der Waals surface area contributed by atoms with E-state index in [1.807, 2.05) is 17.9 Å². The normalized spacial score (nSPS) is 19.6. The molecule has 2 N–H and O–H groups in total. The number of anilines is 1. The first-order valence-electron chi connectivity index (χ1n) is 8.85. The Morgan fingerprint density at radius 1 is 1.29 bits per heavy atom. The topological polar surface area (TPSA) is 70.4 Å². The molecule has 2 aromatic rings. The fourth-order valence-electron chi connectivity index (χ4n) is 3.37. The largest absolute Gasteiger partial charge is 0.360 e. The smallest absolute Gasteiger partial charge is 0.257 e. The quantitative estimate of drug-likeness (QED) is 0.682. The van der Waals surface area contributed by atoms with Gasteiger partial charge in [-0.25, -0.2) is 0 Å². The van der Waals surface area contributed by atoms with Crippen LogP contribution in [0.3, 0.4) is 0 Å². The monoisotopic (exact) mass is 436 g/mol. The molecule has 1 unspecified atom stereocenters. The van der Waals surface area contributed by atoms with Crippen molar-refractivity contribution in [2.75, 3.05) is 5.32 Å². The number of carbonyl (C=O) groups is 1. The van der Waals surface area contributed by atoms with Gasteiger partial charge in [-0.2, -0.15) is 0 Å². The van der Waals surface area contributed by atoms with E-state index in [4.69, 9.17) is 39.9 Å². The number of rotatable bonds is 4. The first-order chi connectivity index (χ1) is 13.3. The molecule has 1 saturated carbocycles. The van der Waals surface area contributed by atoms with Crippen LogP contribution in [0, 0.1) is 6.92 Å². The number of nitrogens with one attached hydrogen (secondary N) is 2. The van der Waals surface area contributed by atoms with E-state index in [9.17, 15) is 4.79 Å². The Labute approximate surface area is 177 Å². The average molecular weight is 437 g/mol. The Morgan fingerprint density at radius 2 is 2.04 bits per heavy atom. The van der Waals surface area contributed by atoms with Gasteiger partial charge in [-0.05, 0) is 56.6 Å². The maximum atomic E-state index is 13.2. The summed E-state index contributed by atoms with van der Waals surface area (Å²) in [4.78, 5) is 15.2. The predicted octanol–water partition coefficient (Wildman–Crippen LogP) is 4.60. The van der Waals surface area contributed by atoms with Crippen LogP contribution in [0.2, 0.25) is 10.0 Å². The summed E-state index contributed by atoms with van der Waals surface area (Å²) in [6.45, 7) is 3.68. The molecule has 9 heteroatoms. The molecule has 1 aromatic heterocycles. The van der Waals surface area contributed by atoms with E-state index >= 15 is 0 Å². The number of halogens is 2. The van der Waals surface area contributed by atoms with Gasteiger partial charge in [0.25, 0.3) is 5.91 Å². The molecule has 0 bridgehead atoms. The summed E-state index contributed by atoms with van der Waals surface area (Å²) in [5, 5.41) is 11.4. The molecule has 0 saturated heterocycles. The van der Waals surface area contributed by atoms with Crippen LogP contribution in [0.5, 0.6) is 0 Å².